The summed E-state index contributed by atoms with van der Waals surface area (Å²) in [5.41, 5.74) is 2.21. The Morgan fingerprint density at radius 1 is 1.07 bits per heavy atom. The van der Waals surface area contributed by atoms with Gasteiger partial charge in [0.25, 0.3) is 0 Å². The summed E-state index contributed by atoms with van der Waals surface area (Å²) in [4.78, 5) is 9.40. The zero-order chi connectivity index (χ0) is 21.3. The lowest BCUT2D eigenvalue weighted by atomic mass is 9.93. The SMILES string of the molecule is COc1ccc(CN2CCC(c3cc4nc(C(F)(F)F)ccc4[nH]3)CC2)c(OC)c1. The van der Waals surface area contributed by atoms with Crippen molar-refractivity contribution in [3.05, 3.63) is 53.3 Å². The Hall–Kier alpha value is -2.74. The Balaban J connectivity index is 1.42. The Morgan fingerprint density at radius 3 is 2.50 bits per heavy atom. The third kappa shape index (κ3) is 4.23. The maximum atomic E-state index is 12.9. The van der Waals surface area contributed by atoms with Crippen molar-refractivity contribution in [3.63, 3.8) is 0 Å². The number of H-pyrrole nitrogens is 1. The quantitative estimate of drug-likeness (QED) is 0.634. The van der Waals surface area contributed by atoms with Crippen molar-refractivity contribution < 1.29 is 22.6 Å². The summed E-state index contributed by atoms with van der Waals surface area (Å²) in [5.74, 6) is 1.84. The van der Waals surface area contributed by atoms with Crippen molar-refractivity contribution in [1.82, 2.24) is 14.9 Å². The highest BCUT2D eigenvalue weighted by Gasteiger charge is 2.32. The molecular weight excluding hydrogens is 395 g/mol. The average molecular weight is 419 g/mol. The van der Waals surface area contributed by atoms with E-state index in [1.807, 2.05) is 18.2 Å². The van der Waals surface area contributed by atoms with Crippen molar-refractivity contribution in [3.8, 4) is 11.5 Å². The number of fused-ring (bicyclic) bond motifs is 1. The van der Waals surface area contributed by atoms with Gasteiger partial charge in [-0.3, -0.25) is 4.90 Å². The predicted octanol–water partition coefficient (Wildman–Crippen LogP) is 4.98. The van der Waals surface area contributed by atoms with Gasteiger partial charge >= 0.3 is 6.18 Å². The molecule has 0 saturated carbocycles. The first-order valence-corrected chi connectivity index (χ1v) is 9.87. The lowest BCUT2D eigenvalue weighted by Gasteiger charge is -2.32. The highest BCUT2D eigenvalue weighted by atomic mass is 19.4. The number of rotatable bonds is 5. The number of benzene rings is 1. The Morgan fingerprint density at radius 2 is 1.83 bits per heavy atom. The molecule has 1 aliphatic heterocycles. The van der Waals surface area contributed by atoms with E-state index in [1.54, 1.807) is 20.3 Å². The molecule has 5 nitrogen and oxygen atoms in total. The second-order valence-corrected chi connectivity index (χ2v) is 7.58. The number of hydrogen-bond donors (Lipinski definition) is 1. The van der Waals surface area contributed by atoms with Crippen LogP contribution in [0, 0.1) is 0 Å². The molecular formula is C22H24F3N3O2. The molecule has 0 aliphatic carbocycles. The van der Waals surface area contributed by atoms with Crippen LogP contribution in [-0.2, 0) is 12.7 Å². The van der Waals surface area contributed by atoms with Crippen molar-refractivity contribution in [2.45, 2.75) is 31.5 Å². The van der Waals surface area contributed by atoms with E-state index in [9.17, 15) is 13.2 Å². The van der Waals surface area contributed by atoms with E-state index in [0.717, 1.165) is 61.3 Å². The van der Waals surface area contributed by atoms with Gasteiger partial charge in [0.1, 0.15) is 17.2 Å². The first-order chi connectivity index (χ1) is 14.4. The summed E-state index contributed by atoms with van der Waals surface area (Å²) >= 11 is 0. The van der Waals surface area contributed by atoms with Crippen LogP contribution in [0.15, 0.2) is 36.4 Å². The first kappa shape index (κ1) is 20.5. The summed E-state index contributed by atoms with van der Waals surface area (Å²) in [6.07, 6.45) is -2.58. The minimum atomic E-state index is -4.43. The van der Waals surface area contributed by atoms with Gasteiger partial charge in [-0.1, -0.05) is 6.07 Å². The summed E-state index contributed by atoms with van der Waals surface area (Å²) in [6, 6.07) is 10.1. The molecule has 8 heteroatoms. The number of halogens is 3. The molecule has 0 amide bonds. The van der Waals surface area contributed by atoms with Gasteiger partial charge < -0.3 is 14.5 Å². The van der Waals surface area contributed by atoms with Crippen molar-refractivity contribution in [2.75, 3.05) is 27.3 Å². The minimum absolute atomic E-state index is 0.280. The molecule has 0 bridgehead atoms. The molecule has 4 rings (SSSR count). The molecule has 3 aromatic rings. The zero-order valence-electron chi connectivity index (χ0n) is 16.9. The Labute approximate surface area is 172 Å². The van der Waals surface area contributed by atoms with E-state index in [4.69, 9.17) is 9.47 Å². The number of methoxy groups -OCH3 is 2. The molecule has 1 fully saturated rings. The summed E-state index contributed by atoms with van der Waals surface area (Å²) in [6.45, 7) is 2.58. The number of hydrogen-bond acceptors (Lipinski definition) is 4. The van der Waals surface area contributed by atoms with Crippen LogP contribution in [0.25, 0.3) is 11.0 Å². The van der Waals surface area contributed by atoms with Crippen LogP contribution in [0.4, 0.5) is 13.2 Å². The van der Waals surface area contributed by atoms with E-state index in [0.29, 0.717) is 11.0 Å². The van der Waals surface area contributed by atoms with Gasteiger partial charge in [-0.25, -0.2) is 4.98 Å². The summed E-state index contributed by atoms with van der Waals surface area (Å²) in [5, 5.41) is 0. The largest absolute Gasteiger partial charge is 0.497 e. The van der Waals surface area contributed by atoms with Gasteiger partial charge in [-0.15, -0.1) is 0 Å². The minimum Gasteiger partial charge on any atom is -0.497 e. The Kier molecular flexibility index (Phi) is 5.60. The molecule has 160 valence electrons. The van der Waals surface area contributed by atoms with Crippen LogP contribution in [0.1, 0.15) is 35.7 Å². The number of nitrogens with one attached hydrogen (secondary N) is 1. The molecule has 1 aliphatic rings. The Bertz CT molecular complexity index is 1020. The lowest BCUT2D eigenvalue weighted by Crippen LogP contribution is -2.32. The van der Waals surface area contributed by atoms with E-state index < -0.39 is 11.9 Å². The highest BCUT2D eigenvalue weighted by molar-refractivity contribution is 5.76. The number of ether oxygens (including phenoxy) is 2. The number of aromatic amines is 1. The molecule has 3 heterocycles. The zero-order valence-corrected chi connectivity index (χ0v) is 16.9. The van der Waals surface area contributed by atoms with Gasteiger partial charge in [0.2, 0.25) is 0 Å². The summed E-state index contributed by atoms with van der Waals surface area (Å²) < 4.78 is 49.4. The summed E-state index contributed by atoms with van der Waals surface area (Å²) in [7, 11) is 3.28. The molecule has 0 atom stereocenters. The maximum Gasteiger partial charge on any atom is 0.433 e. The van der Waals surface area contributed by atoms with Crippen LogP contribution in [-0.4, -0.2) is 42.2 Å². The van der Waals surface area contributed by atoms with Crippen LogP contribution in [0.2, 0.25) is 0 Å². The molecule has 2 aromatic heterocycles. The first-order valence-electron chi connectivity index (χ1n) is 9.87. The van der Waals surface area contributed by atoms with Gasteiger partial charge in [-0.05, 0) is 50.2 Å². The molecule has 1 aromatic carbocycles. The smallest absolute Gasteiger partial charge is 0.433 e. The van der Waals surface area contributed by atoms with Gasteiger partial charge in [0.05, 0.1) is 25.3 Å². The third-order valence-corrected chi connectivity index (χ3v) is 5.70. The highest BCUT2D eigenvalue weighted by Crippen LogP contribution is 2.33. The van der Waals surface area contributed by atoms with E-state index >= 15 is 0 Å². The number of piperidine rings is 1. The third-order valence-electron chi connectivity index (χ3n) is 5.70. The number of alkyl halides is 3. The molecule has 30 heavy (non-hydrogen) atoms. The molecule has 1 saturated heterocycles. The number of nitrogens with zero attached hydrogens (tertiary/aromatic N) is 2. The van der Waals surface area contributed by atoms with E-state index in [-0.39, 0.29) is 5.92 Å². The fourth-order valence-electron chi connectivity index (χ4n) is 4.03. The molecule has 1 N–H and O–H groups in total. The number of likely N-dealkylation sites (tertiary alicyclic amines) is 1. The second-order valence-electron chi connectivity index (χ2n) is 7.58. The molecule has 0 spiro atoms. The van der Waals surface area contributed by atoms with Crippen LogP contribution < -0.4 is 9.47 Å². The fraction of sp³-hybridized carbons (Fsp3) is 0.409. The van der Waals surface area contributed by atoms with Crippen molar-refractivity contribution in [1.29, 1.82) is 0 Å². The molecule has 0 radical (unpaired) electrons. The lowest BCUT2D eigenvalue weighted by molar-refractivity contribution is -0.140. The van der Waals surface area contributed by atoms with Crippen molar-refractivity contribution in [2.24, 2.45) is 0 Å². The van der Waals surface area contributed by atoms with Crippen molar-refractivity contribution >= 4 is 11.0 Å². The average Bonchev–Trinajstić information content (AvgIpc) is 3.17. The topological polar surface area (TPSA) is 50.4 Å². The van der Waals surface area contributed by atoms with Gasteiger partial charge in [0.15, 0.2) is 0 Å². The van der Waals surface area contributed by atoms with Gasteiger partial charge in [-0.2, -0.15) is 13.2 Å². The maximum absolute atomic E-state index is 12.9. The van der Waals surface area contributed by atoms with Crippen LogP contribution >= 0.6 is 0 Å². The predicted molar refractivity (Wildman–Crippen MR) is 108 cm³/mol. The number of pyridine rings is 1. The fourth-order valence-corrected chi connectivity index (χ4v) is 4.03. The van der Waals surface area contributed by atoms with E-state index in [2.05, 4.69) is 14.9 Å². The van der Waals surface area contributed by atoms with Crippen LogP contribution in [0.3, 0.4) is 0 Å². The molecule has 0 unspecified atom stereocenters. The second kappa shape index (κ2) is 8.18. The van der Waals surface area contributed by atoms with Gasteiger partial charge in [0, 0.05) is 29.8 Å². The van der Waals surface area contributed by atoms with Crippen LogP contribution in [0.5, 0.6) is 11.5 Å². The monoisotopic (exact) mass is 419 g/mol. The normalized spacial score (nSPS) is 16.2. The number of aromatic nitrogens is 2. The standard InChI is InChI=1S/C22H24F3N3O2/c1-29-16-4-3-15(20(11-16)30-2)13-28-9-7-14(8-10-28)18-12-19-17(26-18)5-6-21(27-19)22(23,24)25/h3-6,11-12,14,26H,7-10,13H2,1-2H3. The van der Waals surface area contributed by atoms with E-state index in [1.165, 1.54) is 6.07 Å².